The van der Waals surface area contributed by atoms with Gasteiger partial charge in [0.1, 0.15) is 6.04 Å². The van der Waals surface area contributed by atoms with E-state index >= 15 is 0 Å². The molecule has 1 N–H and O–H groups in total. The highest BCUT2D eigenvalue weighted by Gasteiger charge is 2.30. The molecule has 2 aromatic rings. The van der Waals surface area contributed by atoms with Crippen LogP contribution in [0.3, 0.4) is 0 Å². The van der Waals surface area contributed by atoms with Crippen LogP contribution in [0.15, 0.2) is 48.5 Å². The summed E-state index contributed by atoms with van der Waals surface area (Å²) in [4.78, 5) is 27.5. The highest BCUT2D eigenvalue weighted by Crippen LogP contribution is 2.25. The van der Waals surface area contributed by atoms with Gasteiger partial charge in [0, 0.05) is 18.1 Å². The van der Waals surface area contributed by atoms with E-state index in [0.29, 0.717) is 35.1 Å². The number of carbonyl (C=O) groups excluding carboxylic acids is 2. The number of rotatable bonds is 6. The molecule has 0 spiro atoms. The van der Waals surface area contributed by atoms with Crippen molar-refractivity contribution in [3.63, 3.8) is 0 Å². The van der Waals surface area contributed by atoms with Gasteiger partial charge in [0.2, 0.25) is 15.9 Å². The SMILES string of the molecule is C[C@H](C(=O)Nc1ccccc1C(=O)N1CCCC1)N(c1ccc(Cl)cc1)S(C)(=O)=O. The molecule has 1 aliphatic heterocycles. The molecule has 1 heterocycles. The van der Waals surface area contributed by atoms with E-state index in [0.717, 1.165) is 23.4 Å². The van der Waals surface area contributed by atoms with Gasteiger partial charge < -0.3 is 10.2 Å². The lowest BCUT2D eigenvalue weighted by Crippen LogP contribution is -2.45. The van der Waals surface area contributed by atoms with Crippen LogP contribution >= 0.6 is 11.6 Å². The van der Waals surface area contributed by atoms with Crippen LogP contribution in [0.25, 0.3) is 0 Å². The van der Waals surface area contributed by atoms with Crippen molar-refractivity contribution in [1.82, 2.24) is 4.90 Å². The summed E-state index contributed by atoms with van der Waals surface area (Å²) in [5.41, 5.74) is 1.07. The van der Waals surface area contributed by atoms with Crippen molar-refractivity contribution < 1.29 is 18.0 Å². The number of nitrogens with one attached hydrogen (secondary N) is 1. The summed E-state index contributed by atoms with van der Waals surface area (Å²) in [5.74, 6) is -0.689. The number of nitrogens with zero attached hydrogens (tertiary/aromatic N) is 2. The van der Waals surface area contributed by atoms with E-state index in [1.165, 1.54) is 19.1 Å². The zero-order chi connectivity index (χ0) is 21.9. The van der Waals surface area contributed by atoms with Crippen LogP contribution in [0.2, 0.25) is 5.02 Å². The van der Waals surface area contributed by atoms with E-state index in [1.54, 1.807) is 41.3 Å². The van der Waals surface area contributed by atoms with Crippen molar-refractivity contribution >= 4 is 44.8 Å². The maximum atomic E-state index is 13.0. The lowest BCUT2D eigenvalue weighted by atomic mass is 10.1. The van der Waals surface area contributed by atoms with E-state index < -0.39 is 22.0 Å². The minimum absolute atomic E-state index is 0.145. The first-order chi connectivity index (χ1) is 14.2. The molecule has 9 heteroatoms. The number of halogens is 1. The van der Waals surface area contributed by atoms with Gasteiger partial charge in [-0.2, -0.15) is 0 Å². The van der Waals surface area contributed by atoms with Crippen molar-refractivity contribution in [2.24, 2.45) is 0 Å². The lowest BCUT2D eigenvalue weighted by molar-refractivity contribution is -0.116. The third-order valence-corrected chi connectivity index (χ3v) is 6.47. The second-order valence-corrected chi connectivity index (χ2v) is 9.54. The average molecular weight is 450 g/mol. The molecule has 30 heavy (non-hydrogen) atoms. The third kappa shape index (κ3) is 4.94. The third-order valence-electron chi connectivity index (χ3n) is 4.98. The van der Waals surface area contributed by atoms with Gasteiger partial charge in [0.05, 0.1) is 23.2 Å². The van der Waals surface area contributed by atoms with Crippen molar-refractivity contribution in [2.45, 2.75) is 25.8 Å². The lowest BCUT2D eigenvalue weighted by Gasteiger charge is -2.28. The van der Waals surface area contributed by atoms with Gasteiger partial charge in [-0.25, -0.2) is 8.42 Å². The summed E-state index contributed by atoms with van der Waals surface area (Å²) >= 11 is 5.90. The van der Waals surface area contributed by atoms with Crippen LogP contribution in [0.1, 0.15) is 30.1 Å². The number of likely N-dealkylation sites (tertiary alicyclic amines) is 1. The quantitative estimate of drug-likeness (QED) is 0.732. The van der Waals surface area contributed by atoms with Crippen LogP contribution in [-0.4, -0.2) is 50.5 Å². The largest absolute Gasteiger partial charge is 0.339 e. The minimum atomic E-state index is -3.75. The summed E-state index contributed by atoms with van der Waals surface area (Å²) in [7, 11) is -3.75. The fraction of sp³-hybridized carbons (Fsp3) is 0.333. The summed E-state index contributed by atoms with van der Waals surface area (Å²) < 4.78 is 25.9. The second-order valence-electron chi connectivity index (χ2n) is 7.25. The number of para-hydroxylation sites is 1. The number of amides is 2. The first-order valence-electron chi connectivity index (χ1n) is 9.62. The fourth-order valence-corrected chi connectivity index (χ4v) is 4.80. The number of carbonyl (C=O) groups is 2. The van der Waals surface area contributed by atoms with Gasteiger partial charge in [0.15, 0.2) is 0 Å². The van der Waals surface area contributed by atoms with Gasteiger partial charge in [-0.15, -0.1) is 0 Å². The molecule has 0 aromatic heterocycles. The Hall–Kier alpha value is -2.58. The molecule has 1 aliphatic rings. The molecule has 2 amide bonds. The molecular weight excluding hydrogens is 426 g/mol. The van der Waals surface area contributed by atoms with Gasteiger partial charge in [-0.3, -0.25) is 13.9 Å². The second kappa shape index (κ2) is 9.06. The Bertz CT molecular complexity index is 1030. The highest BCUT2D eigenvalue weighted by molar-refractivity contribution is 7.92. The zero-order valence-corrected chi connectivity index (χ0v) is 18.4. The number of hydrogen-bond donors (Lipinski definition) is 1. The van der Waals surface area contributed by atoms with Gasteiger partial charge >= 0.3 is 0 Å². The number of sulfonamides is 1. The number of anilines is 2. The van der Waals surface area contributed by atoms with E-state index in [1.807, 2.05) is 0 Å². The van der Waals surface area contributed by atoms with Gasteiger partial charge in [-0.1, -0.05) is 23.7 Å². The summed E-state index contributed by atoms with van der Waals surface area (Å²) in [5, 5.41) is 3.19. The molecule has 0 aliphatic carbocycles. The Labute approximate surface area is 181 Å². The molecule has 2 aromatic carbocycles. The Morgan fingerprint density at radius 2 is 1.67 bits per heavy atom. The van der Waals surface area contributed by atoms with Crippen LogP contribution in [0.5, 0.6) is 0 Å². The highest BCUT2D eigenvalue weighted by atomic mass is 35.5. The molecule has 160 valence electrons. The standard InChI is InChI=1S/C21H24ClN3O4S/c1-15(25(30(2,28)29)17-11-9-16(22)10-12-17)20(26)23-19-8-4-3-7-18(19)21(27)24-13-5-6-14-24/h3-4,7-12,15H,5-6,13-14H2,1-2H3,(H,23,26)/t15-/m1/s1. The Morgan fingerprint density at radius 3 is 2.27 bits per heavy atom. The molecule has 1 atom stereocenters. The van der Waals surface area contributed by atoms with E-state index in [2.05, 4.69) is 5.32 Å². The molecule has 0 unspecified atom stereocenters. The number of benzene rings is 2. The van der Waals surface area contributed by atoms with E-state index in [9.17, 15) is 18.0 Å². The van der Waals surface area contributed by atoms with Crippen molar-refractivity contribution in [3.05, 3.63) is 59.1 Å². The predicted molar refractivity (Wildman–Crippen MR) is 118 cm³/mol. The van der Waals surface area contributed by atoms with Crippen molar-refractivity contribution in [2.75, 3.05) is 29.0 Å². The first kappa shape index (κ1) is 22.1. The Morgan fingerprint density at radius 1 is 1.07 bits per heavy atom. The molecule has 0 bridgehead atoms. The maximum absolute atomic E-state index is 13.0. The van der Waals surface area contributed by atoms with Crippen molar-refractivity contribution in [3.8, 4) is 0 Å². The van der Waals surface area contributed by atoms with Crippen molar-refractivity contribution in [1.29, 1.82) is 0 Å². The van der Waals surface area contributed by atoms with Crippen LogP contribution in [0.4, 0.5) is 11.4 Å². The predicted octanol–water partition coefficient (Wildman–Crippen LogP) is 3.37. The monoisotopic (exact) mass is 449 g/mol. The Kier molecular flexibility index (Phi) is 6.67. The fourth-order valence-electron chi connectivity index (χ4n) is 3.50. The summed E-state index contributed by atoms with van der Waals surface area (Å²) in [6.45, 7) is 2.88. The van der Waals surface area contributed by atoms with Gasteiger partial charge in [0.25, 0.3) is 5.91 Å². The van der Waals surface area contributed by atoms with Crippen LogP contribution in [-0.2, 0) is 14.8 Å². The average Bonchev–Trinajstić information content (AvgIpc) is 3.23. The van der Waals surface area contributed by atoms with Gasteiger partial charge in [-0.05, 0) is 56.2 Å². The number of hydrogen-bond acceptors (Lipinski definition) is 4. The smallest absolute Gasteiger partial charge is 0.255 e. The first-order valence-corrected chi connectivity index (χ1v) is 11.9. The minimum Gasteiger partial charge on any atom is -0.339 e. The molecule has 3 rings (SSSR count). The maximum Gasteiger partial charge on any atom is 0.255 e. The normalized spacial score (nSPS) is 15.0. The topological polar surface area (TPSA) is 86.8 Å². The van der Waals surface area contributed by atoms with Crippen LogP contribution in [0, 0.1) is 0 Å². The van der Waals surface area contributed by atoms with E-state index in [4.69, 9.17) is 11.6 Å². The zero-order valence-electron chi connectivity index (χ0n) is 16.8. The Balaban J connectivity index is 1.85. The molecular formula is C21H24ClN3O4S. The molecule has 0 saturated carbocycles. The van der Waals surface area contributed by atoms with E-state index in [-0.39, 0.29) is 5.91 Å². The molecule has 1 fully saturated rings. The summed E-state index contributed by atoms with van der Waals surface area (Å²) in [6, 6.07) is 11.9. The molecule has 7 nitrogen and oxygen atoms in total. The molecule has 1 saturated heterocycles. The summed E-state index contributed by atoms with van der Waals surface area (Å²) in [6.07, 6.45) is 2.96. The van der Waals surface area contributed by atoms with Crippen LogP contribution < -0.4 is 9.62 Å². The molecule has 0 radical (unpaired) electrons.